The Morgan fingerprint density at radius 2 is 2.13 bits per heavy atom. The Morgan fingerprint density at radius 1 is 1.30 bits per heavy atom. The van der Waals surface area contributed by atoms with Gasteiger partial charge in [0.25, 0.3) is 0 Å². The number of hydrogen-bond acceptors (Lipinski definition) is 2. The molecule has 2 heteroatoms. The lowest BCUT2D eigenvalue weighted by Crippen LogP contribution is -2.53. The molecule has 4 aliphatic rings. The minimum absolute atomic E-state index is 0.0707. The van der Waals surface area contributed by atoms with Gasteiger partial charge in [-0.05, 0) is 68.6 Å². The van der Waals surface area contributed by atoms with Gasteiger partial charge in [0, 0.05) is 18.3 Å². The number of allylic oxidation sites excluding steroid dienone is 2. The fraction of sp³-hybridized carbons (Fsp3) is 0.762. The summed E-state index contributed by atoms with van der Waals surface area (Å²) in [6.45, 7) is 2.21. The summed E-state index contributed by atoms with van der Waals surface area (Å²) in [6, 6.07) is 0. The van der Waals surface area contributed by atoms with Gasteiger partial charge in [-0.2, -0.15) is 0 Å². The standard InChI is InChI=1S/C21H28O2/c1-3-20-11-9-17-16-8-6-15(22)13-14(16)5-7-18(17)19(20)10-12-21(20,23)4-2/h2,5,16-19,23H,3,6-13H2,1H3/t16-,17-,18+,19+,20-,21+/m0/s1. The molecule has 0 heterocycles. The van der Waals surface area contributed by atoms with Crippen molar-refractivity contribution in [3.63, 3.8) is 0 Å². The number of carbonyl (C=O) groups is 1. The molecule has 0 spiro atoms. The van der Waals surface area contributed by atoms with Crippen molar-refractivity contribution in [2.75, 3.05) is 0 Å². The fourth-order valence-electron chi connectivity index (χ4n) is 6.88. The molecule has 0 aliphatic heterocycles. The summed E-state index contributed by atoms with van der Waals surface area (Å²) in [7, 11) is 0. The third kappa shape index (κ3) is 1.96. The number of fused-ring (bicyclic) bond motifs is 5. The average molecular weight is 312 g/mol. The number of terminal acetylenes is 1. The molecule has 124 valence electrons. The molecule has 2 nitrogen and oxygen atoms in total. The molecule has 3 fully saturated rings. The van der Waals surface area contributed by atoms with Crippen molar-refractivity contribution in [3.8, 4) is 12.3 Å². The van der Waals surface area contributed by atoms with E-state index in [-0.39, 0.29) is 5.41 Å². The van der Waals surface area contributed by atoms with E-state index in [1.165, 1.54) is 12.0 Å². The number of hydrogen-bond donors (Lipinski definition) is 1. The summed E-state index contributed by atoms with van der Waals surface area (Å²) in [6.07, 6.45) is 16.8. The van der Waals surface area contributed by atoms with E-state index in [9.17, 15) is 9.90 Å². The van der Waals surface area contributed by atoms with E-state index in [2.05, 4.69) is 18.9 Å². The van der Waals surface area contributed by atoms with Crippen LogP contribution >= 0.6 is 0 Å². The summed E-state index contributed by atoms with van der Waals surface area (Å²) >= 11 is 0. The van der Waals surface area contributed by atoms with E-state index in [1.807, 2.05) is 0 Å². The summed E-state index contributed by atoms with van der Waals surface area (Å²) in [5.74, 6) is 5.77. The van der Waals surface area contributed by atoms with Gasteiger partial charge in [0.15, 0.2) is 0 Å². The van der Waals surface area contributed by atoms with Crippen LogP contribution in [0.3, 0.4) is 0 Å². The predicted molar refractivity (Wildman–Crippen MR) is 90.5 cm³/mol. The van der Waals surface area contributed by atoms with Crippen LogP contribution in [0.2, 0.25) is 0 Å². The molecular formula is C21H28O2. The highest BCUT2D eigenvalue weighted by Crippen LogP contribution is 2.65. The van der Waals surface area contributed by atoms with E-state index in [0.717, 1.165) is 44.9 Å². The molecule has 0 aromatic heterocycles. The van der Waals surface area contributed by atoms with Crippen LogP contribution in [0.1, 0.15) is 64.7 Å². The Hall–Kier alpha value is -1.07. The molecule has 3 saturated carbocycles. The van der Waals surface area contributed by atoms with Crippen LogP contribution in [0.5, 0.6) is 0 Å². The van der Waals surface area contributed by atoms with Crippen LogP contribution in [0.4, 0.5) is 0 Å². The van der Waals surface area contributed by atoms with E-state index < -0.39 is 5.60 Å². The number of Topliss-reactive ketones (excluding diaryl/α,β-unsaturated/α-hetero) is 1. The van der Waals surface area contributed by atoms with Crippen LogP contribution in [-0.4, -0.2) is 16.5 Å². The van der Waals surface area contributed by atoms with Gasteiger partial charge in [0.1, 0.15) is 11.4 Å². The van der Waals surface area contributed by atoms with Crippen LogP contribution in [0, 0.1) is 41.4 Å². The van der Waals surface area contributed by atoms with Gasteiger partial charge in [-0.25, -0.2) is 0 Å². The zero-order chi connectivity index (χ0) is 16.2. The SMILES string of the molecule is C#C[C@@]1(O)CC[C@@H]2[C@@H]3CC=C4CC(=O)CC[C@@H]4[C@@H]3CC[C@@]21CC. The molecule has 0 radical (unpaired) electrons. The first kappa shape index (κ1) is 15.5. The summed E-state index contributed by atoms with van der Waals surface area (Å²) in [4.78, 5) is 11.8. The molecule has 0 bridgehead atoms. The van der Waals surface area contributed by atoms with Gasteiger partial charge in [0.05, 0.1) is 0 Å². The van der Waals surface area contributed by atoms with E-state index in [1.54, 1.807) is 0 Å². The minimum Gasteiger partial charge on any atom is -0.377 e. The van der Waals surface area contributed by atoms with Crippen molar-refractivity contribution in [3.05, 3.63) is 11.6 Å². The molecule has 0 amide bonds. The number of aliphatic hydroxyl groups is 1. The van der Waals surface area contributed by atoms with Crippen LogP contribution in [0.25, 0.3) is 0 Å². The Balaban J connectivity index is 1.68. The van der Waals surface area contributed by atoms with Crippen molar-refractivity contribution < 1.29 is 9.90 Å². The van der Waals surface area contributed by atoms with Crippen molar-refractivity contribution in [2.24, 2.45) is 29.1 Å². The Labute approximate surface area is 139 Å². The normalized spacial score (nSPS) is 48.7. The highest BCUT2D eigenvalue weighted by molar-refractivity contribution is 5.82. The number of carbonyl (C=O) groups excluding carboxylic acids is 1. The highest BCUT2D eigenvalue weighted by atomic mass is 16.3. The third-order valence-corrected chi connectivity index (χ3v) is 7.99. The molecule has 0 unspecified atom stereocenters. The molecule has 1 N–H and O–H groups in total. The minimum atomic E-state index is -0.899. The lowest BCUT2D eigenvalue weighted by atomic mass is 9.50. The molecule has 0 aromatic carbocycles. The van der Waals surface area contributed by atoms with Gasteiger partial charge in [-0.15, -0.1) is 6.42 Å². The first-order valence-corrected chi connectivity index (χ1v) is 9.45. The van der Waals surface area contributed by atoms with Crippen molar-refractivity contribution in [2.45, 2.75) is 70.3 Å². The molecule has 6 atom stereocenters. The Morgan fingerprint density at radius 3 is 2.87 bits per heavy atom. The summed E-state index contributed by atoms with van der Waals surface area (Å²) < 4.78 is 0. The van der Waals surface area contributed by atoms with E-state index >= 15 is 0 Å². The second-order valence-corrected chi connectivity index (χ2v) is 8.40. The molecule has 4 aliphatic carbocycles. The molecular weight excluding hydrogens is 284 g/mol. The van der Waals surface area contributed by atoms with Gasteiger partial charge in [-0.3, -0.25) is 4.79 Å². The lowest BCUT2D eigenvalue weighted by Gasteiger charge is -2.55. The third-order valence-electron chi connectivity index (χ3n) is 7.99. The topological polar surface area (TPSA) is 37.3 Å². The second-order valence-electron chi connectivity index (χ2n) is 8.40. The first-order valence-electron chi connectivity index (χ1n) is 9.45. The lowest BCUT2D eigenvalue weighted by molar-refractivity contribution is -0.121. The van der Waals surface area contributed by atoms with Crippen molar-refractivity contribution in [1.29, 1.82) is 0 Å². The van der Waals surface area contributed by atoms with E-state index in [0.29, 0.717) is 35.9 Å². The van der Waals surface area contributed by atoms with Gasteiger partial charge >= 0.3 is 0 Å². The zero-order valence-electron chi connectivity index (χ0n) is 14.2. The van der Waals surface area contributed by atoms with Crippen molar-refractivity contribution in [1.82, 2.24) is 0 Å². The highest BCUT2D eigenvalue weighted by Gasteiger charge is 2.63. The van der Waals surface area contributed by atoms with Crippen LogP contribution < -0.4 is 0 Å². The number of ketones is 1. The molecule has 4 rings (SSSR count). The maximum absolute atomic E-state index is 11.8. The quantitative estimate of drug-likeness (QED) is 0.589. The van der Waals surface area contributed by atoms with E-state index in [4.69, 9.17) is 6.42 Å². The van der Waals surface area contributed by atoms with Crippen molar-refractivity contribution >= 4 is 5.78 Å². The zero-order valence-corrected chi connectivity index (χ0v) is 14.2. The molecule has 0 aromatic rings. The monoisotopic (exact) mass is 312 g/mol. The molecule has 23 heavy (non-hydrogen) atoms. The smallest absolute Gasteiger partial charge is 0.136 e. The summed E-state index contributed by atoms with van der Waals surface area (Å²) in [5.41, 5.74) is 0.458. The Kier molecular flexibility index (Phi) is 3.50. The van der Waals surface area contributed by atoms with Crippen LogP contribution in [0.15, 0.2) is 11.6 Å². The van der Waals surface area contributed by atoms with Gasteiger partial charge in [-0.1, -0.05) is 24.5 Å². The van der Waals surface area contributed by atoms with Gasteiger partial charge in [0.2, 0.25) is 0 Å². The molecule has 0 saturated heterocycles. The maximum Gasteiger partial charge on any atom is 0.136 e. The summed E-state index contributed by atoms with van der Waals surface area (Å²) in [5, 5.41) is 11.1. The largest absolute Gasteiger partial charge is 0.377 e. The van der Waals surface area contributed by atoms with Crippen LogP contribution in [-0.2, 0) is 4.79 Å². The second kappa shape index (κ2) is 5.21. The Bertz CT molecular complexity index is 597. The average Bonchev–Trinajstić information content (AvgIpc) is 2.88. The van der Waals surface area contributed by atoms with Gasteiger partial charge < -0.3 is 5.11 Å². The first-order chi connectivity index (χ1) is 11.0. The fourth-order valence-corrected chi connectivity index (χ4v) is 6.88. The predicted octanol–water partition coefficient (Wildman–Crippen LogP) is 3.88. The maximum atomic E-state index is 11.8. The number of rotatable bonds is 1.